The van der Waals surface area contributed by atoms with Crippen LogP contribution in [0.25, 0.3) is 0 Å². The molecule has 0 radical (unpaired) electrons. The summed E-state index contributed by atoms with van der Waals surface area (Å²) in [5.41, 5.74) is 0.00168. The molecular weight excluding hydrogens is 218 g/mol. The first-order valence-electron chi connectivity index (χ1n) is 6.13. The molecule has 0 aromatic carbocycles. The molecule has 0 amide bonds. The number of hydrogen-bond acceptors (Lipinski definition) is 4. The van der Waals surface area contributed by atoms with E-state index in [1.807, 2.05) is 0 Å². The van der Waals surface area contributed by atoms with Gasteiger partial charge in [0.05, 0.1) is 12.9 Å². The van der Waals surface area contributed by atoms with Gasteiger partial charge in [-0.1, -0.05) is 6.92 Å². The second-order valence-electron chi connectivity index (χ2n) is 4.36. The molecule has 17 heavy (non-hydrogen) atoms. The van der Waals surface area contributed by atoms with E-state index in [0.717, 1.165) is 26.2 Å². The number of nitrogens with one attached hydrogen (secondary N) is 1. The number of likely N-dealkylation sites (N-methyl/N-ethyl adjacent to an activating group) is 1. The molecule has 2 atom stereocenters. The smallest absolute Gasteiger partial charge is 0.253 e. The number of hydrogen-bond donors (Lipinski definition) is 1. The van der Waals surface area contributed by atoms with Crippen LogP contribution in [0.15, 0.2) is 23.4 Å². The van der Waals surface area contributed by atoms with Crippen LogP contribution < -0.4 is 10.9 Å². The predicted molar refractivity (Wildman–Crippen MR) is 64.9 cm³/mol. The van der Waals surface area contributed by atoms with Gasteiger partial charge in [0.2, 0.25) is 0 Å². The van der Waals surface area contributed by atoms with Gasteiger partial charge in [-0.05, 0) is 13.0 Å². The van der Waals surface area contributed by atoms with E-state index in [-0.39, 0.29) is 11.6 Å². The zero-order chi connectivity index (χ0) is 12.1. The molecule has 1 N–H and O–H groups in total. The van der Waals surface area contributed by atoms with Crippen LogP contribution in [0.5, 0.6) is 0 Å². The Labute approximate surface area is 101 Å². The average Bonchev–Trinajstić information content (AvgIpc) is 2.85. The fourth-order valence-electron chi connectivity index (χ4n) is 2.24. The van der Waals surface area contributed by atoms with Gasteiger partial charge in [0.15, 0.2) is 0 Å². The molecule has 94 valence electrons. The molecule has 1 fully saturated rings. The summed E-state index contributed by atoms with van der Waals surface area (Å²) in [6.45, 7) is 5.25. The number of rotatable bonds is 5. The molecule has 0 spiro atoms. The molecule has 1 aromatic rings. The van der Waals surface area contributed by atoms with Gasteiger partial charge >= 0.3 is 0 Å². The van der Waals surface area contributed by atoms with Crippen molar-refractivity contribution in [2.45, 2.75) is 25.9 Å². The van der Waals surface area contributed by atoms with E-state index in [0.29, 0.717) is 12.5 Å². The van der Waals surface area contributed by atoms with Crippen molar-refractivity contribution in [1.29, 1.82) is 0 Å². The maximum atomic E-state index is 11.6. The lowest BCUT2D eigenvalue weighted by Gasteiger charge is -2.23. The first kappa shape index (κ1) is 12.3. The summed E-state index contributed by atoms with van der Waals surface area (Å²) in [6, 6.07) is 1.78. The molecule has 0 aliphatic carbocycles. The average molecular weight is 237 g/mol. The maximum Gasteiger partial charge on any atom is 0.253 e. The second kappa shape index (κ2) is 5.93. The van der Waals surface area contributed by atoms with Crippen molar-refractivity contribution in [1.82, 2.24) is 14.9 Å². The zero-order valence-electron chi connectivity index (χ0n) is 10.1. The van der Waals surface area contributed by atoms with Gasteiger partial charge < -0.3 is 10.1 Å². The predicted octanol–water partition coefficient (Wildman–Crippen LogP) is 0.258. The normalized spacial score (nSPS) is 21.6. The Kier molecular flexibility index (Phi) is 4.28. The third-order valence-corrected chi connectivity index (χ3v) is 3.19. The zero-order valence-corrected chi connectivity index (χ0v) is 10.1. The van der Waals surface area contributed by atoms with Crippen molar-refractivity contribution >= 4 is 0 Å². The third-order valence-electron chi connectivity index (χ3n) is 3.19. The lowest BCUT2D eigenvalue weighted by Crippen LogP contribution is -2.42. The molecule has 1 saturated heterocycles. The fraction of sp³-hybridized carbons (Fsp3) is 0.667. The Hall–Kier alpha value is -1.20. The van der Waals surface area contributed by atoms with Crippen molar-refractivity contribution in [2.75, 3.05) is 19.8 Å². The van der Waals surface area contributed by atoms with Crippen LogP contribution in [-0.4, -0.2) is 35.4 Å². The molecule has 0 saturated carbocycles. The third kappa shape index (κ3) is 3.14. The first-order chi connectivity index (χ1) is 8.31. The Balaban J connectivity index is 2.06. The van der Waals surface area contributed by atoms with Crippen LogP contribution in [0.2, 0.25) is 0 Å². The largest absolute Gasteiger partial charge is 0.381 e. The minimum atomic E-state index is 0.00168. The van der Waals surface area contributed by atoms with Gasteiger partial charge in [0, 0.05) is 37.4 Å². The van der Waals surface area contributed by atoms with Crippen molar-refractivity contribution in [3.8, 4) is 0 Å². The van der Waals surface area contributed by atoms with Gasteiger partial charge in [-0.15, -0.1) is 0 Å². The van der Waals surface area contributed by atoms with Crippen LogP contribution in [0, 0.1) is 5.92 Å². The van der Waals surface area contributed by atoms with Crippen molar-refractivity contribution in [3.63, 3.8) is 0 Å². The quantitative estimate of drug-likeness (QED) is 0.798. The minimum Gasteiger partial charge on any atom is -0.381 e. The number of ether oxygens (including phenoxy) is 1. The number of nitrogens with zero attached hydrogens (tertiary/aromatic N) is 2. The van der Waals surface area contributed by atoms with Crippen molar-refractivity contribution in [3.05, 3.63) is 28.9 Å². The van der Waals surface area contributed by atoms with E-state index < -0.39 is 0 Å². The lowest BCUT2D eigenvalue weighted by molar-refractivity contribution is 0.173. The summed E-state index contributed by atoms with van der Waals surface area (Å²) < 4.78 is 7.07. The van der Waals surface area contributed by atoms with Crippen LogP contribution in [0.4, 0.5) is 0 Å². The van der Waals surface area contributed by atoms with E-state index in [4.69, 9.17) is 4.74 Å². The molecule has 1 aliphatic rings. The molecule has 2 heterocycles. The summed E-state index contributed by atoms with van der Waals surface area (Å²) in [5, 5.41) is 3.43. The minimum absolute atomic E-state index is 0.00168. The summed E-state index contributed by atoms with van der Waals surface area (Å²) in [5.74, 6) is 0.488. The van der Waals surface area contributed by atoms with E-state index in [2.05, 4.69) is 17.2 Å². The van der Waals surface area contributed by atoms with Crippen LogP contribution in [0.1, 0.15) is 13.3 Å². The van der Waals surface area contributed by atoms with Crippen molar-refractivity contribution in [2.24, 2.45) is 5.92 Å². The summed E-state index contributed by atoms with van der Waals surface area (Å²) >= 11 is 0. The van der Waals surface area contributed by atoms with Gasteiger partial charge in [-0.25, -0.2) is 4.98 Å². The monoisotopic (exact) mass is 237 g/mol. The van der Waals surface area contributed by atoms with E-state index in [1.54, 1.807) is 10.9 Å². The maximum absolute atomic E-state index is 11.6. The fourth-order valence-corrected chi connectivity index (χ4v) is 2.24. The van der Waals surface area contributed by atoms with Gasteiger partial charge in [0.25, 0.3) is 5.56 Å². The molecule has 5 heteroatoms. The molecule has 0 bridgehead atoms. The Morgan fingerprint density at radius 3 is 3.24 bits per heavy atom. The van der Waals surface area contributed by atoms with E-state index >= 15 is 0 Å². The standard InChI is InChI=1S/C12H19N3O2/c1-2-14-11(10-4-6-17-8-10)7-15-9-13-5-3-12(15)16/h3,5,9-11,14H,2,4,6-8H2,1H3. The Morgan fingerprint density at radius 1 is 1.71 bits per heavy atom. The topological polar surface area (TPSA) is 56.2 Å². The molecule has 2 unspecified atom stereocenters. The summed E-state index contributed by atoms with van der Waals surface area (Å²) in [6.07, 6.45) is 4.19. The highest BCUT2D eigenvalue weighted by molar-refractivity contribution is 4.86. The highest BCUT2D eigenvalue weighted by Gasteiger charge is 2.25. The molecule has 2 rings (SSSR count). The molecular formula is C12H19N3O2. The van der Waals surface area contributed by atoms with Crippen LogP contribution >= 0.6 is 0 Å². The van der Waals surface area contributed by atoms with Gasteiger partial charge in [-0.2, -0.15) is 0 Å². The highest BCUT2D eigenvalue weighted by Crippen LogP contribution is 2.17. The van der Waals surface area contributed by atoms with E-state index in [9.17, 15) is 4.79 Å². The van der Waals surface area contributed by atoms with Crippen molar-refractivity contribution < 1.29 is 4.74 Å². The Morgan fingerprint density at radius 2 is 2.59 bits per heavy atom. The van der Waals surface area contributed by atoms with Crippen LogP contribution in [-0.2, 0) is 11.3 Å². The van der Waals surface area contributed by atoms with Crippen LogP contribution in [0.3, 0.4) is 0 Å². The Bertz CT molecular complexity index is 399. The molecule has 1 aliphatic heterocycles. The summed E-state index contributed by atoms with van der Waals surface area (Å²) in [7, 11) is 0. The van der Waals surface area contributed by atoms with E-state index in [1.165, 1.54) is 12.3 Å². The second-order valence-corrected chi connectivity index (χ2v) is 4.36. The van der Waals surface area contributed by atoms with Gasteiger partial charge in [0.1, 0.15) is 0 Å². The molecule has 1 aromatic heterocycles. The first-order valence-corrected chi connectivity index (χ1v) is 6.13. The summed E-state index contributed by atoms with van der Waals surface area (Å²) in [4.78, 5) is 15.6. The van der Waals surface area contributed by atoms with Gasteiger partial charge in [-0.3, -0.25) is 9.36 Å². The molecule has 5 nitrogen and oxygen atoms in total. The lowest BCUT2D eigenvalue weighted by atomic mass is 9.99. The highest BCUT2D eigenvalue weighted by atomic mass is 16.5. The number of aromatic nitrogens is 2. The SMILES string of the molecule is CCNC(Cn1cnccc1=O)C1CCOC1.